The van der Waals surface area contributed by atoms with E-state index in [9.17, 15) is 14.7 Å². The lowest BCUT2D eigenvalue weighted by atomic mass is 9.48. The zero-order valence-electron chi connectivity index (χ0n) is 29.2. The van der Waals surface area contributed by atoms with E-state index in [1.807, 2.05) is 87.5 Å². The highest BCUT2D eigenvalue weighted by atomic mass is 16.9. The Morgan fingerprint density at radius 1 is 0.961 bits per heavy atom. The SMILES string of the molecule is C=C(C)C12OC3(c4ccccc4)OC1[C@@H]1[C@@H]4O[C@@]45COC(C)(C)O[C@H]5[C@]4(O)C(=O)C=C[C@@]4(C)C1(O3)[C@H](C)[C@H]2OC(=O)/C=C/C=C/c1ccccc1. The monoisotopic (exact) mass is 694 g/mol. The molecule has 0 radical (unpaired) electrons. The van der Waals surface area contributed by atoms with E-state index in [0.717, 1.165) is 5.56 Å². The molecule has 266 valence electrons. The van der Waals surface area contributed by atoms with Crippen molar-refractivity contribution in [2.75, 3.05) is 6.61 Å². The molecule has 1 spiro atoms. The predicted octanol–water partition coefficient (Wildman–Crippen LogP) is 4.92. The maximum atomic E-state index is 14.2. The molecule has 7 aliphatic rings. The number of ketones is 1. The Hall–Kier alpha value is -3.74. The highest BCUT2D eigenvalue weighted by Crippen LogP contribution is 2.77. The number of allylic oxidation sites excluding steroid dienone is 2. The maximum absolute atomic E-state index is 14.2. The summed E-state index contributed by atoms with van der Waals surface area (Å²) < 4.78 is 47.3. The number of aliphatic hydroxyl groups is 1. The molecule has 2 saturated carbocycles. The number of hydrogen-bond acceptors (Lipinski definition) is 10. The molecule has 1 N–H and O–H groups in total. The first kappa shape index (κ1) is 33.1. The maximum Gasteiger partial charge on any atom is 0.331 e. The Balaban J connectivity index is 1.22. The summed E-state index contributed by atoms with van der Waals surface area (Å²) in [7, 11) is 0. The molecule has 3 aliphatic carbocycles. The second kappa shape index (κ2) is 10.4. The van der Waals surface area contributed by atoms with E-state index in [-0.39, 0.29) is 6.61 Å². The highest BCUT2D eigenvalue weighted by Gasteiger charge is 2.93. The quantitative estimate of drug-likeness (QED) is 0.147. The van der Waals surface area contributed by atoms with E-state index >= 15 is 0 Å². The topological polar surface area (TPSA) is 122 Å². The van der Waals surface area contributed by atoms with Gasteiger partial charge in [0.15, 0.2) is 22.8 Å². The van der Waals surface area contributed by atoms with Crippen molar-refractivity contribution in [1.82, 2.24) is 0 Å². The standard InChI is InChI=1S/C41H42O10/c1-24(2)38-31(46-29(43)20-14-13-17-26-15-9-7-10-16-26)25(3)40-30(33(38)48-41(50-38,51-40)27-18-11-8-12-19-27)32-37(47-32)23-45-35(4,5)49-34(37)39(44)28(42)21-22-36(39,40)6/h7-22,25,30-34,44H,1,23H2,2-6H3/b17-13+,20-14+/t25-,30+,31-,32+,33?,34-,36-,37+,38?,39-,40?,41?/m1/s1. The van der Waals surface area contributed by atoms with Crippen LogP contribution in [-0.2, 0) is 48.7 Å². The summed E-state index contributed by atoms with van der Waals surface area (Å²) >= 11 is 0. The van der Waals surface area contributed by atoms with Crippen LogP contribution in [0.5, 0.6) is 0 Å². The Morgan fingerprint density at radius 3 is 2.37 bits per heavy atom. The third-order valence-electron chi connectivity index (χ3n) is 12.7. The van der Waals surface area contributed by atoms with Gasteiger partial charge < -0.3 is 38.3 Å². The van der Waals surface area contributed by atoms with E-state index in [4.69, 9.17) is 33.2 Å². The summed E-state index contributed by atoms with van der Waals surface area (Å²) in [5.74, 6) is -5.45. The van der Waals surface area contributed by atoms with Gasteiger partial charge in [-0.25, -0.2) is 4.79 Å². The number of esters is 1. The minimum Gasteiger partial charge on any atom is -0.455 e. The molecule has 0 aromatic heterocycles. The normalized spacial score (nSPS) is 46.7. The molecule has 12 atom stereocenters. The third kappa shape index (κ3) is 3.96. The van der Waals surface area contributed by atoms with Gasteiger partial charge in [-0.05, 0) is 44.9 Å². The van der Waals surface area contributed by atoms with Gasteiger partial charge in [-0.1, -0.05) is 98.5 Å². The lowest BCUT2D eigenvalue weighted by molar-refractivity contribution is -0.452. The van der Waals surface area contributed by atoms with Gasteiger partial charge in [0.25, 0.3) is 0 Å². The van der Waals surface area contributed by atoms with Crippen LogP contribution in [0.3, 0.4) is 0 Å². The average Bonchev–Trinajstić information content (AvgIpc) is 3.70. The number of fused-ring (bicyclic) bond motifs is 3. The fourth-order valence-corrected chi connectivity index (χ4v) is 10.3. The lowest BCUT2D eigenvalue weighted by Gasteiger charge is -2.65. The predicted molar refractivity (Wildman–Crippen MR) is 182 cm³/mol. The average molecular weight is 695 g/mol. The Kier molecular flexibility index (Phi) is 6.78. The number of rotatable bonds is 6. The van der Waals surface area contributed by atoms with Crippen LogP contribution in [0.4, 0.5) is 0 Å². The summed E-state index contributed by atoms with van der Waals surface area (Å²) in [6, 6.07) is 19.0. The number of benzene rings is 2. The molecular weight excluding hydrogens is 652 g/mol. The van der Waals surface area contributed by atoms with Crippen molar-refractivity contribution in [3.8, 4) is 0 Å². The molecule has 4 heterocycles. The molecule has 2 aromatic rings. The van der Waals surface area contributed by atoms with Crippen molar-refractivity contribution in [3.63, 3.8) is 0 Å². The zero-order valence-corrected chi connectivity index (χ0v) is 29.2. The molecular formula is C41H42O10. The van der Waals surface area contributed by atoms with Gasteiger partial charge in [-0.3, -0.25) is 4.79 Å². The van der Waals surface area contributed by atoms with Gasteiger partial charge in [0.1, 0.15) is 35.6 Å². The summed E-state index contributed by atoms with van der Waals surface area (Å²) in [5, 5.41) is 13.2. The molecule has 10 heteroatoms. The number of carbonyl (C=O) groups excluding carboxylic acids is 2. The van der Waals surface area contributed by atoms with Crippen LogP contribution in [0.2, 0.25) is 0 Å². The van der Waals surface area contributed by atoms with Gasteiger partial charge in [0, 0.05) is 23.5 Å². The Bertz CT molecular complexity index is 1920. The van der Waals surface area contributed by atoms with Gasteiger partial charge in [-0.2, -0.15) is 0 Å². The number of carbonyl (C=O) groups is 2. The summed E-state index contributed by atoms with van der Waals surface area (Å²) in [6.07, 6.45) is 6.11. The summed E-state index contributed by atoms with van der Waals surface area (Å²) in [4.78, 5) is 28.0. The fraction of sp³-hybridized carbons (Fsp3) is 0.463. The molecule has 2 aromatic carbocycles. The van der Waals surface area contributed by atoms with E-state index in [0.29, 0.717) is 11.1 Å². The second-order valence-corrected chi connectivity index (χ2v) is 15.7. The van der Waals surface area contributed by atoms with Crippen molar-refractivity contribution in [3.05, 3.63) is 114 Å². The van der Waals surface area contributed by atoms with Crippen LogP contribution < -0.4 is 0 Å². The largest absolute Gasteiger partial charge is 0.455 e. The molecule has 10 nitrogen and oxygen atoms in total. The van der Waals surface area contributed by atoms with Crippen LogP contribution in [0.15, 0.2) is 103 Å². The first-order valence-electron chi connectivity index (χ1n) is 17.6. The molecule has 4 saturated heterocycles. The van der Waals surface area contributed by atoms with Crippen LogP contribution in [0, 0.1) is 17.3 Å². The van der Waals surface area contributed by atoms with Crippen molar-refractivity contribution >= 4 is 17.8 Å². The molecule has 9 rings (SSSR count). The van der Waals surface area contributed by atoms with Crippen molar-refractivity contribution in [2.24, 2.45) is 17.3 Å². The van der Waals surface area contributed by atoms with Gasteiger partial charge in [0.05, 0.1) is 12.0 Å². The Labute approximate surface area is 296 Å². The second-order valence-electron chi connectivity index (χ2n) is 15.7. The van der Waals surface area contributed by atoms with Crippen molar-refractivity contribution in [1.29, 1.82) is 0 Å². The van der Waals surface area contributed by atoms with E-state index in [1.165, 1.54) is 12.2 Å². The van der Waals surface area contributed by atoms with Crippen molar-refractivity contribution < 1.29 is 47.9 Å². The van der Waals surface area contributed by atoms with E-state index in [1.54, 1.807) is 32.1 Å². The molecule has 51 heavy (non-hydrogen) atoms. The molecule has 6 fully saturated rings. The van der Waals surface area contributed by atoms with Gasteiger partial charge in [-0.15, -0.1) is 0 Å². The lowest BCUT2D eigenvalue weighted by Crippen LogP contribution is -2.79. The first-order valence-corrected chi connectivity index (χ1v) is 17.6. The van der Waals surface area contributed by atoms with E-state index < -0.39 is 87.6 Å². The third-order valence-corrected chi connectivity index (χ3v) is 12.7. The van der Waals surface area contributed by atoms with Gasteiger partial charge >= 0.3 is 11.9 Å². The zero-order chi connectivity index (χ0) is 35.8. The number of ether oxygens (including phenoxy) is 7. The molecule has 4 aliphatic heterocycles. The Morgan fingerprint density at radius 2 is 1.67 bits per heavy atom. The van der Waals surface area contributed by atoms with Crippen molar-refractivity contribution in [2.45, 2.75) is 93.2 Å². The minimum atomic E-state index is -2.17. The smallest absolute Gasteiger partial charge is 0.331 e. The van der Waals surface area contributed by atoms with Crippen LogP contribution in [-0.4, -0.2) is 76.1 Å². The summed E-state index contributed by atoms with van der Waals surface area (Å²) in [5.41, 5.74) is -5.62. The summed E-state index contributed by atoms with van der Waals surface area (Å²) in [6.45, 7) is 13.6. The number of hydrogen-bond donors (Lipinski definition) is 1. The molecule has 0 amide bonds. The minimum absolute atomic E-state index is 0.0686. The van der Waals surface area contributed by atoms with Crippen LogP contribution in [0.25, 0.3) is 6.08 Å². The fourth-order valence-electron chi connectivity index (χ4n) is 10.3. The van der Waals surface area contributed by atoms with Crippen LogP contribution in [0.1, 0.15) is 45.7 Å². The molecule has 3 bridgehead atoms. The van der Waals surface area contributed by atoms with Crippen LogP contribution >= 0.6 is 0 Å². The van der Waals surface area contributed by atoms with Gasteiger partial charge in [0.2, 0.25) is 0 Å². The number of epoxide rings is 1. The highest BCUT2D eigenvalue weighted by molar-refractivity contribution is 6.02. The van der Waals surface area contributed by atoms with E-state index in [2.05, 4.69) is 6.58 Å². The first-order chi connectivity index (χ1) is 24.2. The molecule has 4 unspecified atom stereocenters.